The van der Waals surface area contributed by atoms with Crippen molar-refractivity contribution in [2.75, 3.05) is 7.05 Å². The average molecular weight is 660 g/mol. The number of rotatable bonds is 8. The number of hydrogen-bond acceptors (Lipinski definition) is 7. The van der Waals surface area contributed by atoms with E-state index in [1.54, 1.807) is 12.1 Å². The number of benzene rings is 2. The molecule has 9 nitrogen and oxygen atoms in total. The summed E-state index contributed by atoms with van der Waals surface area (Å²) in [6.45, 7) is 3.33. The fourth-order valence-corrected chi connectivity index (χ4v) is 5.81. The number of carboxylic acid groups (broad SMARTS) is 1. The number of halogens is 2. The second-order valence-corrected chi connectivity index (χ2v) is 9.99. The first-order valence-corrected chi connectivity index (χ1v) is 12.2. The summed E-state index contributed by atoms with van der Waals surface area (Å²) < 4.78 is 17.3. The molecule has 2 aromatic rings. The number of quaternary nitrogens is 1. The van der Waals surface area contributed by atoms with Crippen LogP contribution in [0.2, 0.25) is 0 Å². The van der Waals surface area contributed by atoms with E-state index in [1.165, 1.54) is 13.8 Å². The summed E-state index contributed by atoms with van der Waals surface area (Å²) in [6, 6.07) is 9.72. The summed E-state index contributed by atoms with van der Waals surface area (Å²) in [5, 5.41) is 10.4. The lowest BCUT2D eigenvalue weighted by molar-refractivity contribution is -0.961. The first kappa shape index (κ1) is 31.7. The van der Waals surface area contributed by atoms with E-state index in [0.29, 0.717) is 36.3 Å². The molecule has 2 aliphatic heterocycles. The topological polar surface area (TPSA) is 116 Å². The van der Waals surface area contributed by atoms with Crippen molar-refractivity contribution in [3.8, 4) is 11.5 Å². The maximum atomic E-state index is 12.1. The van der Waals surface area contributed by atoms with E-state index in [4.69, 9.17) is 19.3 Å². The molecule has 2 aromatic carbocycles. The molecular formula is C27H34Br2NO8+. The largest absolute Gasteiger partial charge is 0.481 e. The van der Waals surface area contributed by atoms with Crippen molar-refractivity contribution in [2.24, 2.45) is 0 Å². The summed E-state index contributed by atoms with van der Waals surface area (Å²) in [5.74, 6) is -1.49. The Morgan fingerprint density at radius 1 is 0.921 bits per heavy atom. The molecule has 0 aliphatic carbocycles. The molecule has 2 aliphatic rings. The number of ether oxygens (including phenoxy) is 3. The highest BCUT2D eigenvalue weighted by Gasteiger charge is 2.52. The summed E-state index contributed by atoms with van der Waals surface area (Å²) in [7, 11) is 2.20. The Morgan fingerprint density at radius 2 is 1.53 bits per heavy atom. The summed E-state index contributed by atoms with van der Waals surface area (Å²) in [4.78, 5) is 46.3. The Hall–Kier alpha value is -2.50. The van der Waals surface area contributed by atoms with Gasteiger partial charge < -0.3 is 23.8 Å². The number of carbonyl (C=O) groups is 4. The minimum atomic E-state index is -1.01. The van der Waals surface area contributed by atoms with Crippen molar-refractivity contribution in [3.63, 3.8) is 0 Å². The quantitative estimate of drug-likeness (QED) is 0.242. The van der Waals surface area contributed by atoms with Crippen molar-refractivity contribution in [1.29, 1.82) is 0 Å². The lowest BCUT2D eigenvalue weighted by Crippen LogP contribution is -2.58. The zero-order valence-corrected chi connectivity index (χ0v) is 25.1. The highest BCUT2D eigenvalue weighted by Crippen LogP contribution is 2.45. The van der Waals surface area contributed by atoms with Crippen LogP contribution in [0.5, 0.6) is 11.5 Å². The molecule has 2 atom stereocenters. The van der Waals surface area contributed by atoms with Gasteiger partial charge in [-0.05, 0) is 23.6 Å². The minimum absolute atomic E-state index is 0. The lowest BCUT2D eigenvalue weighted by Gasteiger charge is -2.47. The van der Waals surface area contributed by atoms with Crippen molar-refractivity contribution >= 4 is 68.6 Å². The van der Waals surface area contributed by atoms with Crippen molar-refractivity contribution in [1.82, 2.24) is 0 Å². The number of piperidine rings is 1. The van der Waals surface area contributed by atoms with Crippen LogP contribution in [-0.4, -0.2) is 58.7 Å². The van der Waals surface area contributed by atoms with Gasteiger partial charge in [-0.2, -0.15) is 0 Å². The molecule has 1 N–H and O–H groups in total. The zero-order chi connectivity index (χ0) is 26.0. The molecule has 11 heteroatoms. The Labute approximate surface area is 242 Å². The maximum absolute atomic E-state index is 12.1. The van der Waals surface area contributed by atoms with Gasteiger partial charge in [0, 0.05) is 50.5 Å². The van der Waals surface area contributed by atoms with Gasteiger partial charge in [-0.25, -0.2) is 0 Å². The second kappa shape index (κ2) is 13.0. The number of carboxylic acids is 1. The number of fused-ring (bicyclic) bond motifs is 3. The Kier molecular flexibility index (Phi) is 10.9. The molecule has 0 aromatic heterocycles. The highest BCUT2D eigenvalue weighted by atomic mass is 79.9. The third-order valence-electron chi connectivity index (χ3n) is 7.45. The van der Waals surface area contributed by atoms with E-state index in [9.17, 15) is 19.2 Å². The molecule has 38 heavy (non-hydrogen) atoms. The fourth-order valence-electron chi connectivity index (χ4n) is 5.81. The number of esters is 3. The highest BCUT2D eigenvalue weighted by molar-refractivity contribution is 8.93. The molecule has 2 bridgehead atoms. The van der Waals surface area contributed by atoms with Crippen LogP contribution in [0.4, 0.5) is 0 Å². The molecule has 2 heterocycles. The minimum Gasteiger partial charge on any atom is -0.481 e. The fraction of sp³-hybridized carbons (Fsp3) is 0.481. The van der Waals surface area contributed by atoms with Crippen LogP contribution in [0.15, 0.2) is 30.3 Å². The molecule has 2 fully saturated rings. The predicted molar refractivity (Wildman–Crippen MR) is 150 cm³/mol. The molecule has 0 saturated carbocycles. The monoisotopic (exact) mass is 658 g/mol. The molecule has 2 unspecified atom stereocenters. The number of aliphatic carboxylic acids is 1. The van der Waals surface area contributed by atoms with Crippen molar-refractivity contribution < 1.29 is 43.0 Å². The van der Waals surface area contributed by atoms with Crippen LogP contribution in [-0.2, 0) is 30.5 Å². The standard InChI is InChI=1S/C27H31NO8.2BrH/c1-16(29)34-24-6-4-5-18-11-19(25(14-23(18)24)35-17(2)30)15-28(3)20-7-8-21(28)13-22(12-20)36-27(33)10-9-26(31)32;;/h4-6,11,14,20-22H,7-10,12-13,15H2,1-3H3;2*1H/p+1. The van der Waals surface area contributed by atoms with Crippen LogP contribution in [0.25, 0.3) is 10.8 Å². The van der Waals surface area contributed by atoms with E-state index in [1.807, 2.05) is 18.2 Å². The van der Waals surface area contributed by atoms with Crippen molar-refractivity contribution in [2.45, 2.75) is 77.1 Å². The number of carbonyl (C=O) groups excluding carboxylic acids is 3. The van der Waals surface area contributed by atoms with E-state index < -0.39 is 23.9 Å². The van der Waals surface area contributed by atoms with Crippen LogP contribution in [0.3, 0.4) is 0 Å². The van der Waals surface area contributed by atoms with Gasteiger partial charge in [0.2, 0.25) is 0 Å². The van der Waals surface area contributed by atoms with Gasteiger partial charge in [-0.3, -0.25) is 19.2 Å². The first-order chi connectivity index (χ1) is 17.0. The van der Waals surface area contributed by atoms with Crippen LogP contribution in [0, 0.1) is 0 Å². The third kappa shape index (κ3) is 7.12. The second-order valence-electron chi connectivity index (χ2n) is 9.99. The lowest BCUT2D eigenvalue weighted by atomic mass is 9.94. The van der Waals surface area contributed by atoms with E-state index in [2.05, 4.69) is 7.05 Å². The third-order valence-corrected chi connectivity index (χ3v) is 7.45. The van der Waals surface area contributed by atoms with E-state index >= 15 is 0 Å². The van der Waals surface area contributed by atoms with E-state index in [-0.39, 0.29) is 65.0 Å². The van der Waals surface area contributed by atoms with Crippen LogP contribution in [0.1, 0.15) is 57.9 Å². The Bertz CT molecular complexity index is 1200. The Balaban J connectivity index is 0.00000253. The first-order valence-electron chi connectivity index (χ1n) is 12.2. The van der Waals surface area contributed by atoms with Gasteiger partial charge in [0.05, 0.1) is 32.0 Å². The summed E-state index contributed by atoms with van der Waals surface area (Å²) >= 11 is 0. The van der Waals surface area contributed by atoms with Gasteiger partial charge in [0.15, 0.2) is 0 Å². The molecule has 0 spiro atoms. The van der Waals surface area contributed by atoms with Crippen molar-refractivity contribution in [3.05, 3.63) is 35.9 Å². The molecule has 2 saturated heterocycles. The number of hydrogen-bond donors (Lipinski definition) is 1. The van der Waals surface area contributed by atoms with E-state index in [0.717, 1.165) is 28.3 Å². The smallest absolute Gasteiger partial charge is 0.308 e. The zero-order valence-electron chi connectivity index (χ0n) is 21.6. The van der Waals surface area contributed by atoms with Crippen LogP contribution < -0.4 is 9.47 Å². The molecule has 0 radical (unpaired) electrons. The van der Waals surface area contributed by atoms with Gasteiger partial charge in [0.1, 0.15) is 24.1 Å². The van der Waals surface area contributed by atoms with Gasteiger partial charge >= 0.3 is 23.9 Å². The van der Waals surface area contributed by atoms with Gasteiger partial charge in [-0.1, -0.05) is 12.1 Å². The maximum Gasteiger partial charge on any atom is 0.308 e. The van der Waals surface area contributed by atoms with Crippen LogP contribution >= 0.6 is 34.0 Å². The molecule has 0 amide bonds. The van der Waals surface area contributed by atoms with Gasteiger partial charge in [0.25, 0.3) is 0 Å². The molecule has 208 valence electrons. The normalized spacial score (nSPS) is 23.5. The number of nitrogens with zero attached hydrogens (tertiary/aromatic N) is 1. The van der Waals surface area contributed by atoms with Gasteiger partial charge in [-0.15, -0.1) is 34.0 Å². The Morgan fingerprint density at radius 3 is 2.11 bits per heavy atom. The average Bonchev–Trinajstić information content (AvgIpc) is 2.94. The summed E-state index contributed by atoms with van der Waals surface area (Å²) in [6.07, 6.45) is 2.84. The predicted octanol–water partition coefficient (Wildman–Crippen LogP) is 4.89. The summed E-state index contributed by atoms with van der Waals surface area (Å²) in [5.41, 5.74) is 0.883. The SMILES string of the molecule is Br.Br.CC(=O)Oc1cc2c(OC(C)=O)cccc2cc1C[N+]1(C)C2CCC1CC(OC(=O)CCC(=O)O)C2. The molecule has 4 rings (SSSR count). The molecular weight excluding hydrogens is 626 g/mol.